The van der Waals surface area contributed by atoms with Crippen LogP contribution in [-0.4, -0.2) is 18.1 Å². The van der Waals surface area contributed by atoms with E-state index in [-0.39, 0.29) is 18.0 Å². The van der Waals surface area contributed by atoms with Gasteiger partial charge in [0.1, 0.15) is 11.6 Å². The first kappa shape index (κ1) is 15.4. The molecular formula is C17H21FN2O. The zero-order valence-corrected chi connectivity index (χ0v) is 12.6. The zero-order chi connectivity index (χ0) is 15.2. The zero-order valence-electron chi connectivity index (χ0n) is 12.6. The monoisotopic (exact) mass is 288 g/mol. The average molecular weight is 288 g/mol. The number of nitrogens with one attached hydrogen (secondary N) is 1. The highest BCUT2D eigenvalue weighted by atomic mass is 19.1. The van der Waals surface area contributed by atoms with Crippen molar-refractivity contribution in [3.8, 4) is 5.75 Å². The van der Waals surface area contributed by atoms with Crippen molar-refractivity contribution in [2.24, 2.45) is 0 Å². The maximum absolute atomic E-state index is 13.8. The van der Waals surface area contributed by atoms with E-state index in [1.54, 1.807) is 18.5 Å². The van der Waals surface area contributed by atoms with E-state index in [1.807, 2.05) is 39.1 Å². The van der Waals surface area contributed by atoms with Crippen LogP contribution < -0.4 is 10.1 Å². The molecule has 0 fully saturated rings. The summed E-state index contributed by atoms with van der Waals surface area (Å²) in [7, 11) is 1.86. The molecule has 0 saturated heterocycles. The molecule has 1 atom stereocenters. The summed E-state index contributed by atoms with van der Waals surface area (Å²) >= 11 is 0. The summed E-state index contributed by atoms with van der Waals surface area (Å²) in [5, 5.41) is 3.21. The number of benzene rings is 1. The normalized spacial score (nSPS) is 12.4. The lowest BCUT2D eigenvalue weighted by Gasteiger charge is -2.18. The fraction of sp³-hybridized carbons (Fsp3) is 0.353. The molecule has 2 aromatic rings. The second-order valence-electron chi connectivity index (χ2n) is 5.26. The molecule has 0 spiro atoms. The van der Waals surface area contributed by atoms with Crippen molar-refractivity contribution in [1.29, 1.82) is 0 Å². The van der Waals surface area contributed by atoms with Crippen LogP contribution in [0.25, 0.3) is 0 Å². The summed E-state index contributed by atoms with van der Waals surface area (Å²) in [4.78, 5) is 4.21. The van der Waals surface area contributed by atoms with Gasteiger partial charge in [0.05, 0.1) is 12.3 Å². The molecule has 1 N–H and O–H groups in total. The molecule has 1 unspecified atom stereocenters. The highest BCUT2D eigenvalue weighted by molar-refractivity contribution is 5.28. The molecule has 21 heavy (non-hydrogen) atoms. The number of aromatic nitrogens is 1. The van der Waals surface area contributed by atoms with Crippen molar-refractivity contribution in [2.45, 2.75) is 32.4 Å². The van der Waals surface area contributed by atoms with Crippen LogP contribution in [0.15, 0.2) is 42.7 Å². The van der Waals surface area contributed by atoms with Crippen LogP contribution in [0.1, 0.15) is 31.0 Å². The Balaban J connectivity index is 2.19. The van der Waals surface area contributed by atoms with Crippen LogP contribution in [0.5, 0.6) is 5.75 Å². The van der Waals surface area contributed by atoms with Crippen LogP contribution in [0.4, 0.5) is 4.39 Å². The molecule has 0 saturated carbocycles. The molecule has 0 radical (unpaired) electrons. The summed E-state index contributed by atoms with van der Waals surface area (Å²) in [5.74, 6) is 0.552. The van der Waals surface area contributed by atoms with Gasteiger partial charge in [-0.2, -0.15) is 0 Å². The van der Waals surface area contributed by atoms with Crippen LogP contribution in [0, 0.1) is 5.82 Å². The summed E-state index contributed by atoms with van der Waals surface area (Å²) < 4.78 is 19.4. The van der Waals surface area contributed by atoms with Crippen molar-refractivity contribution in [3.63, 3.8) is 0 Å². The number of likely N-dealkylation sites (N-methyl/N-ethyl adjacent to an activating group) is 1. The van der Waals surface area contributed by atoms with E-state index in [0.717, 1.165) is 11.3 Å². The summed E-state index contributed by atoms with van der Waals surface area (Å²) in [5.41, 5.74) is 1.67. The Hall–Kier alpha value is -1.94. The molecule has 2 rings (SSSR count). The lowest BCUT2D eigenvalue weighted by atomic mass is 10.00. The molecule has 1 heterocycles. The van der Waals surface area contributed by atoms with Crippen molar-refractivity contribution < 1.29 is 9.13 Å². The third-order valence-electron chi connectivity index (χ3n) is 3.24. The fourth-order valence-electron chi connectivity index (χ4n) is 2.23. The summed E-state index contributed by atoms with van der Waals surface area (Å²) in [6.45, 7) is 3.95. The van der Waals surface area contributed by atoms with Gasteiger partial charge in [0.2, 0.25) is 0 Å². The van der Waals surface area contributed by atoms with Gasteiger partial charge < -0.3 is 10.1 Å². The maximum atomic E-state index is 13.8. The highest BCUT2D eigenvalue weighted by Crippen LogP contribution is 2.22. The number of ether oxygens (including phenoxy) is 1. The third-order valence-corrected chi connectivity index (χ3v) is 3.24. The molecule has 4 heteroatoms. The van der Waals surface area contributed by atoms with E-state index >= 15 is 0 Å². The topological polar surface area (TPSA) is 34.2 Å². The third kappa shape index (κ3) is 4.26. The standard InChI is InChI=1S/C17H21FN2O/c1-12(2)21-15-8-14(10-20-11-15)17(19-3)9-13-6-4-5-7-16(13)18/h4-8,10-12,17,19H,9H2,1-3H3. The minimum atomic E-state index is -0.180. The lowest BCUT2D eigenvalue weighted by molar-refractivity contribution is 0.241. The Labute approximate surface area is 125 Å². The van der Waals surface area contributed by atoms with Gasteiger partial charge in [-0.1, -0.05) is 18.2 Å². The van der Waals surface area contributed by atoms with Crippen LogP contribution in [0.2, 0.25) is 0 Å². The molecule has 0 aliphatic rings. The van der Waals surface area contributed by atoms with E-state index in [4.69, 9.17) is 4.74 Å². The van der Waals surface area contributed by atoms with E-state index in [1.165, 1.54) is 6.07 Å². The van der Waals surface area contributed by atoms with Crippen LogP contribution in [0.3, 0.4) is 0 Å². The van der Waals surface area contributed by atoms with Gasteiger partial charge in [0.15, 0.2) is 0 Å². The average Bonchev–Trinajstić information content (AvgIpc) is 2.46. The largest absolute Gasteiger partial charge is 0.489 e. The Bertz CT molecular complexity index is 587. The number of halogens is 1. The van der Waals surface area contributed by atoms with E-state index < -0.39 is 0 Å². The predicted octanol–water partition coefficient (Wildman–Crippen LogP) is 3.51. The molecule has 1 aromatic carbocycles. The van der Waals surface area contributed by atoms with Gasteiger partial charge >= 0.3 is 0 Å². The minimum Gasteiger partial charge on any atom is -0.489 e. The smallest absolute Gasteiger partial charge is 0.138 e. The van der Waals surface area contributed by atoms with Crippen molar-refractivity contribution in [3.05, 3.63) is 59.7 Å². The van der Waals surface area contributed by atoms with Crippen LogP contribution in [-0.2, 0) is 6.42 Å². The predicted molar refractivity (Wildman–Crippen MR) is 81.9 cm³/mol. The maximum Gasteiger partial charge on any atom is 0.138 e. The van der Waals surface area contributed by atoms with Crippen molar-refractivity contribution >= 4 is 0 Å². The molecule has 3 nitrogen and oxygen atoms in total. The van der Waals surface area contributed by atoms with Gasteiger partial charge in [0, 0.05) is 12.2 Å². The van der Waals surface area contributed by atoms with E-state index in [0.29, 0.717) is 12.0 Å². The Morgan fingerprint density at radius 3 is 2.67 bits per heavy atom. The van der Waals surface area contributed by atoms with Crippen molar-refractivity contribution in [1.82, 2.24) is 10.3 Å². The Morgan fingerprint density at radius 1 is 1.24 bits per heavy atom. The molecule has 0 aliphatic heterocycles. The quantitative estimate of drug-likeness (QED) is 0.883. The Kier molecular flexibility index (Phi) is 5.28. The first-order valence-electron chi connectivity index (χ1n) is 7.12. The van der Waals surface area contributed by atoms with E-state index in [9.17, 15) is 4.39 Å². The lowest BCUT2D eigenvalue weighted by Crippen LogP contribution is -2.20. The SMILES string of the molecule is CNC(Cc1ccccc1F)c1cncc(OC(C)C)c1. The van der Waals surface area contributed by atoms with Gasteiger partial charge in [-0.3, -0.25) is 4.98 Å². The number of rotatable bonds is 6. The second-order valence-corrected chi connectivity index (χ2v) is 5.26. The second kappa shape index (κ2) is 7.18. The van der Waals surface area contributed by atoms with Gasteiger partial charge in [-0.15, -0.1) is 0 Å². The molecule has 1 aromatic heterocycles. The highest BCUT2D eigenvalue weighted by Gasteiger charge is 2.14. The Morgan fingerprint density at radius 2 is 2.00 bits per heavy atom. The molecule has 0 bridgehead atoms. The summed E-state index contributed by atoms with van der Waals surface area (Å²) in [6, 6.07) is 8.79. The molecular weight excluding hydrogens is 267 g/mol. The van der Waals surface area contributed by atoms with Crippen LogP contribution >= 0.6 is 0 Å². The first-order valence-corrected chi connectivity index (χ1v) is 7.12. The molecule has 0 aliphatic carbocycles. The van der Waals surface area contributed by atoms with Crippen molar-refractivity contribution in [2.75, 3.05) is 7.05 Å². The first-order chi connectivity index (χ1) is 10.1. The number of pyridine rings is 1. The van der Waals surface area contributed by atoms with Gasteiger partial charge in [-0.05, 0) is 50.6 Å². The molecule has 112 valence electrons. The summed E-state index contributed by atoms with van der Waals surface area (Å²) in [6.07, 6.45) is 4.14. The van der Waals surface area contributed by atoms with E-state index in [2.05, 4.69) is 10.3 Å². The number of nitrogens with zero attached hydrogens (tertiary/aromatic N) is 1. The number of hydrogen-bond acceptors (Lipinski definition) is 3. The van der Waals surface area contributed by atoms with Gasteiger partial charge in [-0.25, -0.2) is 4.39 Å². The van der Waals surface area contributed by atoms with Gasteiger partial charge in [0.25, 0.3) is 0 Å². The minimum absolute atomic E-state index is 0.00916. The number of hydrogen-bond donors (Lipinski definition) is 1. The fourth-order valence-corrected chi connectivity index (χ4v) is 2.23. The molecule has 0 amide bonds.